The molecule has 0 unspecified atom stereocenters. The molecule has 216 valence electrons. The average Bonchev–Trinajstić information content (AvgIpc) is 3.29. The molecule has 0 amide bonds. The molecular formula is C37H48N4. The molecule has 1 aromatic heterocycles. The number of aryl methyl sites for hydroxylation is 2. The lowest BCUT2D eigenvalue weighted by atomic mass is 9.84. The van der Waals surface area contributed by atoms with Crippen molar-refractivity contribution in [3.8, 4) is 11.4 Å². The molecule has 1 saturated heterocycles. The molecule has 0 atom stereocenters. The highest BCUT2D eigenvalue weighted by Gasteiger charge is 2.28. The Bertz CT molecular complexity index is 1370. The fourth-order valence-electron chi connectivity index (χ4n) is 5.83. The van der Waals surface area contributed by atoms with Crippen LogP contribution in [0.4, 0.5) is 0 Å². The van der Waals surface area contributed by atoms with Gasteiger partial charge in [-0.25, -0.2) is 4.98 Å². The molecule has 0 saturated carbocycles. The molecule has 0 spiro atoms. The van der Waals surface area contributed by atoms with Gasteiger partial charge in [-0.1, -0.05) is 120 Å². The second-order valence-corrected chi connectivity index (χ2v) is 14.0. The number of rotatable bonds is 6. The highest BCUT2D eigenvalue weighted by Crippen LogP contribution is 2.33. The van der Waals surface area contributed by atoms with E-state index in [0.717, 1.165) is 49.8 Å². The summed E-state index contributed by atoms with van der Waals surface area (Å²) in [6.45, 7) is 23.0. The molecule has 0 bridgehead atoms. The first kappa shape index (κ1) is 29.3. The third-order valence-electron chi connectivity index (χ3n) is 8.64. The van der Waals surface area contributed by atoms with Crippen molar-refractivity contribution < 1.29 is 0 Å². The van der Waals surface area contributed by atoms with Crippen LogP contribution in [-0.2, 0) is 17.4 Å². The van der Waals surface area contributed by atoms with E-state index in [-0.39, 0.29) is 16.9 Å². The van der Waals surface area contributed by atoms with Crippen molar-refractivity contribution in [1.29, 1.82) is 0 Å². The van der Waals surface area contributed by atoms with Gasteiger partial charge in [0.05, 0.1) is 11.7 Å². The molecule has 41 heavy (non-hydrogen) atoms. The van der Waals surface area contributed by atoms with E-state index >= 15 is 0 Å². The van der Waals surface area contributed by atoms with Crippen molar-refractivity contribution in [3.63, 3.8) is 0 Å². The Morgan fingerprint density at radius 3 is 1.63 bits per heavy atom. The summed E-state index contributed by atoms with van der Waals surface area (Å²) >= 11 is 0. The zero-order chi connectivity index (χ0) is 29.4. The van der Waals surface area contributed by atoms with Gasteiger partial charge in [0.15, 0.2) is 0 Å². The van der Waals surface area contributed by atoms with E-state index in [2.05, 4.69) is 143 Å². The van der Waals surface area contributed by atoms with Gasteiger partial charge < -0.3 is 4.98 Å². The van der Waals surface area contributed by atoms with Gasteiger partial charge in [-0.2, -0.15) is 0 Å². The molecule has 5 rings (SSSR count). The predicted molar refractivity (Wildman–Crippen MR) is 172 cm³/mol. The molecular weight excluding hydrogens is 500 g/mol. The Kier molecular flexibility index (Phi) is 8.27. The number of imidazole rings is 1. The Labute approximate surface area is 247 Å². The molecule has 1 aliphatic rings. The third kappa shape index (κ3) is 6.82. The molecule has 0 aliphatic carbocycles. The van der Waals surface area contributed by atoms with Crippen LogP contribution in [0, 0.1) is 13.8 Å². The van der Waals surface area contributed by atoms with Crippen LogP contribution < -0.4 is 0 Å². The van der Waals surface area contributed by atoms with Crippen LogP contribution in [0.25, 0.3) is 11.4 Å². The Balaban J connectivity index is 1.33. The number of hydrogen-bond acceptors (Lipinski definition) is 3. The minimum Gasteiger partial charge on any atom is -0.342 e. The average molecular weight is 549 g/mol. The van der Waals surface area contributed by atoms with Gasteiger partial charge in [0, 0.05) is 44.0 Å². The fourth-order valence-corrected chi connectivity index (χ4v) is 5.83. The van der Waals surface area contributed by atoms with E-state index in [0.29, 0.717) is 0 Å². The zero-order valence-electron chi connectivity index (χ0n) is 26.4. The first-order chi connectivity index (χ1) is 19.4. The number of aromatic amines is 1. The van der Waals surface area contributed by atoms with Crippen molar-refractivity contribution in [2.24, 2.45) is 0 Å². The summed E-state index contributed by atoms with van der Waals surface area (Å²) in [6, 6.07) is 27.6. The van der Waals surface area contributed by atoms with E-state index < -0.39 is 0 Å². The molecule has 1 aliphatic heterocycles. The summed E-state index contributed by atoms with van der Waals surface area (Å²) in [4.78, 5) is 13.7. The third-order valence-corrected chi connectivity index (χ3v) is 8.64. The summed E-state index contributed by atoms with van der Waals surface area (Å²) in [7, 11) is 0. The van der Waals surface area contributed by atoms with E-state index in [1.807, 2.05) is 0 Å². The van der Waals surface area contributed by atoms with Crippen LogP contribution in [0.15, 0.2) is 72.8 Å². The number of nitrogens with zero attached hydrogens (tertiary/aromatic N) is 3. The summed E-state index contributed by atoms with van der Waals surface area (Å²) in [5.41, 5.74) is 10.5. The molecule has 3 aromatic carbocycles. The van der Waals surface area contributed by atoms with Crippen LogP contribution >= 0.6 is 0 Å². The van der Waals surface area contributed by atoms with Crippen LogP contribution in [0.2, 0.25) is 0 Å². The lowest BCUT2D eigenvalue weighted by Gasteiger charge is -2.40. The van der Waals surface area contributed by atoms with Crippen molar-refractivity contribution in [3.05, 3.63) is 112 Å². The minimum atomic E-state index is 0.151. The van der Waals surface area contributed by atoms with Crippen LogP contribution in [0.3, 0.4) is 0 Å². The minimum absolute atomic E-state index is 0.151. The quantitative estimate of drug-likeness (QED) is 0.264. The lowest BCUT2D eigenvalue weighted by molar-refractivity contribution is 0.104. The molecule has 4 nitrogen and oxygen atoms in total. The molecule has 1 fully saturated rings. The van der Waals surface area contributed by atoms with Gasteiger partial charge in [0.25, 0.3) is 0 Å². The maximum Gasteiger partial charge on any atom is 0.137 e. The van der Waals surface area contributed by atoms with E-state index in [9.17, 15) is 0 Å². The van der Waals surface area contributed by atoms with Crippen molar-refractivity contribution >= 4 is 0 Å². The summed E-state index contributed by atoms with van der Waals surface area (Å²) in [5, 5.41) is 0. The van der Waals surface area contributed by atoms with E-state index in [1.54, 1.807) is 0 Å². The van der Waals surface area contributed by atoms with Gasteiger partial charge in [-0.3, -0.25) is 9.80 Å². The Morgan fingerprint density at radius 1 is 0.683 bits per heavy atom. The largest absolute Gasteiger partial charge is 0.342 e. The lowest BCUT2D eigenvalue weighted by Crippen LogP contribution is -2.47. The number of H-pyrrole nitrogens is 1. The SMILES string of the molecule is Cc1ccc(-c2nc(CN3CCN(C(c4ccc(C(C)(C)C)cc4)c4ccc(C(C)(C)C)cc4)CC3)c(C)[nH]2)cc1. The summed E-state index contributed by atoms with van der Waals surface area (Å²) in [6.07, 6.45) is 0. The zero-order valence-corrected chi connectivity index (χ0v) is 26.4. The second kappa shape index (κ2) is 11.6. The number of piperazine rings is 1. The molecule has 4 heteroatoms. The second-order valence-electron chi connectivity index (χ2n) is 14.0. The molecule has 2 heterocycles. The first-order valence-corrected chi connectivity index (χ1v) is 15.2. The van der Waals surface area contributed by atoms with Gasteiger partial charge in [-0.15, -0.1) is 0 Å². The smallest absolute Gasteiger partial charge is 0.137 e. The summed E-state index contributed by atoms with van der Waals surface area (Å²) in [5.74, 6) is 0.966. The maximum absolute atomic E-state index is 5.00. The van der Waals surface area contributed by atoms with Crippen LogP contribution in [0.1, 0.15) is 86.8 Å². The standard InChI is InChI=1S/C37H48N4/c1-26-9-11-30(12-10-26)35-38-27(2)33(39-35)25-40-21-23-41(24-22-40)34(28-13-17-31(18-14-28)36(3,4)5)29-15-19-32(20-16-29)37(6,7)8/h9-20,34H,21-25H2,1-8H3,(H,38,39). The Hall–Kier alpha value is -3.21. The van der Waals surface area contributed by atoms with Crippen molar-refractivity contribution in [2.75, 3.05) is 26.2 Å². The van der Waals surface area contributed by atoms with Gasteiger partial charge in [-0.05, 0) is 46.9 Å². The van der Waals surface area contributed by atoms with Crippen LogP contribution in [-0.4, -0.2) is 45.9 Å². The number of nitrogens with one attached hydrogen (secondary N) is 1. The van der Waals surface area contributed by atoms with Crippen LogP contribution in [0.5, 0.6) is 0 Å². The first-order valence-electron chi connectivity index (χ1n) is 15.2. The predicted octanol–water partition coefficient (Wildman–Crippen LogP) is 8.20. The molecule has 4 aromatic rings. The maximum atomic E-state index is 5.00. The topological polar surface area (TPSA) is 35.2 Å². The van der Waals surface area contributed by atoms with Crippen molar-refractivity contribution in [2.45, 2.75) is 78.8 Å². The van der Waals surface area contributed by atoms with Gasteiger partial charge >= 0.3 is 0 Å². The van der Waals surface area contributed by atoms with Gasteiger partial charge in [0.1, 0.15) is 5.82 Å². The monoisotopic (exact) mass is 548 g/mol. The van der Waals surface area contributed by atoms with E-state index in [4.69, 9.17) is 4.98 Å². The highest BCUT2D eigenvalue weighted by atomic mass is 15.3. The van der Waals surface area contributed by atoms with Crippen molar-refractivity contribution in [1.82, 2.24) is 19.8 Å². The molecule has 1 N–H and O–H groups in total. The Morgan fingerprint density at radius 2 is 1.17 bits per heavy atom. The highest BCUT2D eigenvalue weighted by molar-refractivity contribution is 5.56. The number of benzene rings is 3. The van der Waals surface area contributed by atoms with E-state index in [1.165, 1.54) is 33.5 Å². The van der Waals surface area contributed by atoms with Gasteiger partial charge in [0.2, 0.25) is 0 Å². The number of hydrogen-bond donors (Lipinski definition) is 1. The normalized spacial score (nSPS) is 15.5. The summed E-state index contributed by atoms with van der Waals surface area (Å²) < 4.78 is 0. The fraction of sp³-hybridized carbons (Fsp3) is 0.432. The number of aromatic nitrogens is 2. The molecule has 0 radical (unpaired) electrons.